The second kappa shape index (κ2) is 8.90. The van der Waals surface area contributed by atoms with E-state index < -0.39 is 0 Å². The van der Waals surface area contributed by atoms with E-state index in [9.17, 15) is 9.59 Å². The number of urea groups is 1. The van der Waals surface area contributed by atoms with Crippen molar-refractivity contribution in [2.75, 3.05) is 25.5 Å². The van der Waals surface area contributed by atoms with Crippen molar-refractivity contribution in [2.45, 2.75) is 32.2 Å². The van der Waals surface area contributed by atoms with E-state index in [1.165, 1.54) is 10.4 Å². The predicted octanol–water partition coefficient (Wildman–Crippen LogP) is 3.80. The van der Waals surface area contributed by atoms with Gasteiger partial charge >= 0.3 is 6.03 Å². The largest absolute Gasteiger partial charge is 0.497 e. The fourth-order valence-corrected chi connectivity index (χ4v) is 4.34. The van der Waals surface area contributed by atoms with E-state index in [2.05, 4.69) is 29.0 Å². The highest BCUT2D eigenvalue weighted by Crippen LogP contribution is 2.35. The van der Waals surface area contributed by atoms with Crippen LogP contribution in [0.1, 0.15) is 36.2 Å². The average molecular weight is 388 g/mol. The second-order valence-corrected chi connectivity index (χ2v) is 7.42. The van der Waals surface area contributed by atoms with Gasteiger partial charge in [-0.05, 0) is 54.1 Å². The summed E-state index contributed by atoms with van der Waals surface area (Å²) in [5.74, 6) is 0.816. The number of nitrogens with zero attached hydrogens (tertiary/aromatic N) is 1. The van der Waals surface area contributed by atoms with Crippen LogP contribution in [-0.2, 0) is 11.2 Å². The Morgan fingerprint density at radius 3 is 2.74 bits per heavy atom. The molecule has 6 nitrogen and oxygen atoms in total. The molecule has 2 N–H and O–H groups in total. The molecule has 1 aromatic heterocycles. The van der Waals surface area contributed by atoms with Crippen molar-refractivity contribution in [3.8, 4) is 5.75 Å². The highest BCUT2D eigenvalue weighted by Gasteiger charge is 2.29. The van der Waals surface area contributed by atoms with Crippen molar-refractivity contribution in [1.82, 2.24) is 10.2 Å². The van der Waals surface area contributed by atoms with Gasteiger partial charge in [0, 0.05) is 30.1 Å². The molecule has 2 aromatic rings. The normalized spacial score (nSPS) is 15.8. The zero-order chi connectivity index (χ0) is 19.2. The number of nitrogens with one attached hydrogen (secondary N) is 2. The molecule has 0 saturated carbocycles. The Bertz CT molecular complexity index is 788. The van der Waals surface area contributed by atoms with E-state index in [4.69, 9.17) is 4.74 Å². The summed E-state index contributed by atoms with van der Waals surface area (Å²) in [5.41, 5.74) is 1.96. The molecule has 0 aliphatic carbocycles. The molecule has 1 aliphatic rings. The zero-order valence-electron chi connectivity index (χ0n) is 15.7. The van der Waals surface area contributed by atoms with Crippen LogP contribution in [0.5, 0.6) is 5.75 Å². The monoisotopic (exact) mass is 387 g/mol. The summed E-state index contributed by atoms with van der Waals surface area (Å²) in [7, 11) is 1.59. The molecule has 0 unspecified atom stereocenters. The second-order valence-electron chi connectivity index (χ2n) is 6.42. The van der Waals surface area contributed by atoms with Gasteiger partial charge in [-0.1, -0.05) is 6.92 Å². The lowest BCUT2D eigenvalue weighted by Gasteiger charge is -2.35. The van der Waals surface area contributed by atoms with Crippen molar-refractivity contribution in [1.29, 1.82) is 0 Å². The van der Waals surface area contributed by atoms with Crippen LogP contribution in [0.15, 0.2) is 35.7 Å². The van der Waals surface area contributed by atoms with Crippen LogP contribution < -0.4 is 15.4 Å². The van der Waals surface area contributed by atoms with E-state index in [-0.39, 0.29) is 18.0 Å². The van der Waals surface area contributed by atoms with Crippen molar-refractivity contribution in [3.63, 3.8) is 0 Å². The Kier molecular flexibility index (Phi) is 6.34. The Balaban J connectivity index is 1.47. The number of thiophene rings is 1. The van der Waals surface area contributed by atoms with Gasteiger partial charge in [-0.3, -0.25) is 4.79 Å². The molecule has 1 aliphatic heterocycles. The van der Waals surface area contributed by atoms with Crippen LogP contribution in [0, 0.1) is 0 Å². The van der Waals surface area contributed by atoms with Crippen molar-refractivity contribution >= 4 is 29.0 Å². The highest BCUT2D eigenvalue weighted by atomic mass is 32.1. The Hall–Kier alpha value is -2.54. The third kappa shape index (κ3) is 4.60. The van der Waals surface area contributed by atoms with Crippen LogP contribution in [0.2, 0.25) is 0 Å². The van der Waals surface area contributed by atoms with Gasteiger partial charge in [0.2, 0.25) is 5.91 Å². The molecule has 0 spiro atoms. The van der Waals surface area contributed by atoms with E-state index in [0.29, 0.717) is 18.7 Å². The fraction of sp³-hybridized carbons (Fsp3) is 0.400. The first-order valence-corrected chi connectivity index (χ1v) is 10.0. The lowest BCUT2D eigenvalue weighted by Crippen LogP contribution is -2.41. The highest BCUT2D eigenvalue weighted by molar-refractivity contribution is 7.10. The number of ether oxygens (including phenoxy) is 1. The smallest absolute Gasteiger partial charge is 0.319 e. The number of carbonyl (C=O) groups is 2. The first-order valence-electron chi connectivity index (χ1n) is 9.17. The molecule has 0 fully saturated rings. The van der Waals surface area contributed by atoms with Gasteiger partial charge in [0.1, 0.15) is 5.75 Å². The summed E-state index contributed by atoms with van der Waals surface area (Å²) in [6, 6.07) is 9.05. The molecule has 0 saturated heterocycles. The quantitative estimate of drug-likeness (QED) is 0.792. The lowest BCUT2D eigenvalue weighted by atomic mass is 9.97. The Morgan fingerprint density at radius 1 is 1.26 bits per heavy atom. The summed E-state index contributed by atoms with van der Waals surface area (Å²) in [6.07, 6.45) is 2.12. The first-order chi connectivity index (χ1) is 13.1. The Labute approximate surface area is 163 Å². The molecule has 1 aromatic carbocycles. The molecule has 27 heavy (non-hydrogen) atoms. The Morgan fingerprint density at radius 2 is 2.04 bits per heavy atom. The number of hydrogen-bond acceptors (Lipinski definition) is 4. The van der Waals surface area contributed by atoms with Gasteiger partial charge in [-0.15, -0.1) is 11.3 Å². The minimum atomic E-state index is -0.321. The number of fused-ring (bicyclic) bond motifs is 1. The van der Waals surface area contributed by atoms with Crippen LogP contribution in [0.4, 0.5) is 10.5 Å². The summed E-state index contributed by atoms with van der Waals surface area (Å²) < 4.78 is 5.09. The molecule has 7 heteroatoms. The number of amides is 3. The molecule has 3 rings (SSSR count). The molecule has 0 radical (unpaired) electrons. The molecule has 2 heterocycles. The van der Waals surface area contributed by atoms with Crippen LogP contribution >= 0.6 is 11.3 Å². The topological polar surface area (TPSA) is 70.7 Å². The maximum atomic E-state index is 12.7. The lowest BCUT2D eigenvalue weighted by molar-refractivity contribution is -0.134. The van der Waals surface area contributed by atoms with E-state index in [1.807, 2.05) is 4.90 Å². The maximum absolute atomic E-state index is 12.7. The number of benzene rings is 1. The van der Waals surface area contributed by atoms with Crippen LogP contribution in [0.25, 0.3) is 0 Å². The number of anilines is 1. The summed E-state index contributed by atoms with van der Waals surface area (Å²) >= 11 is 1.77. The van der Waals surface area contributed by atoms with E-state index >= 15 is 0 Å². The first kappa shape index (κ1) is 19.2. The van der Waals surface area contributed by atoms with Gasteiger partial charge in [-0.2, -0.15) is 0 Å². The SMILES string of the molecule is CC[C@H]1c2ccsc2CCN1C(=O)CCNC(=O)Nc1ccc(OC)cc1. The fourth-order valence-electron chi connectivity index (χ4n) is 3.41. The molecule has 0 bridgehead atoms. The van der Waals surface area contributed by atoms with E-state index in [1.54, 1.807) is 42.7 Å². The molecule has 144 valence electrons. The minimum absolute atomic E-state index is 0.0865. The number of hydrogen-bond donors (Lipinski definition) is 2. The van der Waals surface area contributed by atoms with Crippen LogP contribution in [-0.4, -0.2) is 37.0 Å². The van der Waals surface area contributed by atoms with Gasteiger partial charge in [0.25, 0.3) is 0 Å². The maximum Gasteiger partial charge on any atom is 0.319 e. The summed E-state index contributed by atoms with van der Waals surface area (Å²) in [4.78, 5) is 28.0. The number of methoxy groups -OCH3 is 1. The molecule has 3 amide bonds. The third-order valence-corrected chi connectivity index (χ3v) is 5.77. The number of rotatable bonds is 6. The standard InChI is InChI=1S/C20H25N3O3S/c1-3-17-16-10-13-27-18(16)9-12-23(17)19(24)8-11-21-20(25)22-14-4-6-15(26-2)7-5-14/h4-7,10,13,17H,3,8-9,11-12H2,1-2H3,(H2,21,22,25)/t17-/m0/s1. The van der Waals surface area contributed by atoms with Crippen molar-refractivity contribution < 1.29 is 14.3 Å². The van der Waals surface area contributed by atoms with Gasteiger partial charge in [-0.25, -0.2) is 4.79 Å². The third-order valence-electron chi connectivity index (χ3n) is 4.77. The minimum Gasteiger partial charge on any atom is -0.497 e. The van der Waals surface area contributed by atoms with Crippen molar-refractivity contribution in [3.05, 3.63) is 46.2 Å². The van der Waals surface area contributed by atoms with Gasteiger partial charge in [0.15, 0.2) is 0 Å². The van der Waals surface area contributed by atoms with E-state index in [0.717, 1.165) is 25.1 Å². The average Bonchev–Trinajstić information content (AvgIpc) is 3.16. The molecule has 1 atom stereocenters. The zero-order valence-corrected chi connectivity index (χ0v) is 16.5. The van der Waals surface area contributed by atoms with Gasteiger partial charge < -0.3 is 20.3 Å². The molecular formula is C20H25N3O3S. The van der Waals surface area contributed by atoms with Crippen molar-refractivity contribution in [2.24, 2.45) is 0 Å². The number of carbonyl (C=O) groups excluding carboxylic acids is 2. The molecular weight excluding hydrogens is 362 g/mol. The van der Waals surface area contributed by atoms with Crippen LogP contribution in [0.3, 0.4) is 0 Å². The summed E-state index contributed by atoms with van der Waals surface area (Å²) in [6.45, 7) is 3.17. The summed E-state index contributed by atoms with van der Waals surface area (Å²) in [5, 5.41) is 7.60. The van der Waals surface area contributed by atoms with Gasteiger partial charge in [0.05, 0.1) is 13.2 Å². The predicted molar refractivity (Wildman–Crippen MR) is 107 cm³/mol.